The molecular weight excluding hydrogens is 299 g/mol. The number of rotatable bonds is 5. The van der Waals surface area contributed by atoms with Gasteiger partial charge in [0.15, 0.2) is 0 Å². The molecule has 1 saturated carbocycles. The van der Waals surface area contributed by atoms with Crippen molar-refractivity contribution in [2.45, 2.75) is 38.2 Å². The summed E-state index contributed by atoms with van der Waals surface area (Å²) in [6.45, 7) is 2.19. The molecule has 1 unspecified atom stereocenters. The molecule has 0 radical (unpaired) electrons. The maximum Gasteiger partial charge on any atom is 0.267 e. The van der Waals surface area contributed by atoms with Gasteiger partial charge in [-0.3, -0.25) is 4.79 Å². The second-order valence-corrected chi connectivity index (χ2v) is 6.74. The lowest BCUT2D eigenvalue weighted by molar-refractivity contribution is -0.142. The van der Waals surface area contributed by atoms with E-state index in [0.717, 1.165) is 19.3 Å². The summed E-state index contributed by atoms with van der Waals surface area (Å²) in [7, 11) is 0. The highest BCUT2D eigenvalue weighted by atomic mass is 19.1. The van der Waals surface area contributed by atoms with Crippen LogP contribution in [0.5, 0.6) is 0 Å². The summed E-state index contributed by atoms with van der Waals surface area (Å²) in [5.74, 6) is -0.606. The van der Waals surface area contributed by atoms with Crippen LogP contribution in [-0.2, 0) is 9.63 Å². The highest BCUT2D eigenvalue weighted by molar-refractivity contribution is 6.05. The second kappa shape index (κ2) is 5.92. The number of aliphatic hydroxyl groups excluding tert-OH is 1. The average Bonchev–Trinajstić information content (AvgIpc) is 2.90. The van der Waals surface area contributed by atoms with Crippen molar-refractivity contribution in [1.29, 1.82) is 0 Å². The number of carbonyl (C=O) groups excluding carboxylic acids is 1. The first kappa shape index (κ1) is 15.9. The molecule has 1 aromatic rings. The summed E-state index contributed by atoms with van der Waals surface area (Å²) in [6, 6.07) is 6.08. The maximum atomic E-state index is 13.3. The number of amides is 1. The van der Waals surface area contributed by atoms with Crippen LogP contribution in [0.2, 0.25) is 0 Å². The second-order valence-electron chi connectivity index (χ2n) is 6.74. The minimum atomic E-state index is -1.10. The normalized spacial score (nSPS) is 25.3. The number of nitrogens with one attached hydrogen (secondary N) is 1. The quantitative estimate of drug-likeness (QED) is 0.871. The van der Waals surface area contributed by atoms with Gasteiger partial charge in [-0.2, -0.15) is 0 Å². The molecule has 1 aliphatic heterocycles. The Morgan fingerprint density at radius 2 is 2.26 bits per heavy atom. The molecule has 0 spiro atoms. The Balaban J connectivity index is 1.61. The average molecular weight is 320 g/mol. The molecule has 0 saturated heterocycles. The number of nitrogens with zero attached hydrogens (tertiary/aromatic N) is 1. The van der Waals surface area contributed by atoms with Crippen LogP contribution in [0.15, 0.2) is 29.4 Å². The number of carbonyl (C=O) groups is 1. The van der Waals surface area contributed by atoms with Crippen LogP contribution >= 0.6 is 0 Å². The Labute approximate surface area is 134 Å². The topological polar surface area (TPSA) is 70.9 Å². The van der Waals surface area contributed by atoms with Gasteiger partial charge in [0.25, 0.3) is 5.91 Å². The van der Waals surface area contributed by atoms with Gasteiger partial charge in [-0.1, -0.05) is 23.7 Å². The van der Waals surface area contributed by atoms with Gasteiger partial charge in [-0.05, 0) is 31.9 Å². The molecule has 5 nitrogen and oxygen atoms in total. The molecule has 1 fully saturated rings. The van der Waals surface area contributed by atoms with E-state index in [-0.39, 0.29) is 30.2 Å². The van der Waals surface area contributed by atoms with Gasteiger partial charge in [-0.25, -0.2) is 4.39 Å². The van der Waals surface area contributed by atoms with E-state index in [9.17, 15) is 14.3 Å². The zero-order valence-electron chi connectivity index (χ0n) is 13.1. The van der Waals surface area contributed by atoms with Crippen molar-refractivity contribution in [2.75, 3.05) is 13.2 Å². The van der Waals surface area contributed by atoms with Crippen molar-refractivity contribution in [2.24, 2.45) is 10.6 Å². The molecule has 1 aromatic carbocycles. The fraction of sp³-hybridized carbons (Fsp3) is 0.529. The third kappa shape index (κ3) is 3.08. The first-order valence-corrected chi connectivity index (χ1v) is 7.87. The molecule has 2 aliphatic rings. The Morgan fingerprint density at radius 3 is 2.87 bits per heavy atom. The fourth-order valence-corrected chi connectivity index (χ4v) is 3.01. The van der Waals surface area contributed by atoms with Gasteiger partial charge >= 0.3 is 0 Å². The molecule has 1 atom stereocenters. The Bertz CT molecular complexity index is 637. The van der Waals surface area contributed by atoms with Gasteiger partial charge < -0.3 is 15.3 Å². The maximum absolute atomic E-state index is 13.3. The Hall–Kier alpha value is -1.95. The highest BCUT2D eigenvalue weighted by Crippen LogP contribution is 2.40. The van der Waals surface area contributed by atoms with Crippen molar-refractivity contribution in [1.82, 2.24) is 5.32 Å². The number of halogens is 1. The predicted molar refractivity (Wildman–Crippen MR) is 83.4 cm³/mol. The van der Waals surface area contributed by atoms with E-state index in [2.05, 4.69) is 10.5 Å². The van der Waals surface area contributed by atoms with Crippen LogP contribution in [-0.4, -0.2) is 35.5 Å². The standard InChI is InChI=1S/C17H21FN2O3/c1-16(15(22)19-10-17(11-21)6-3-7-17)9-14(20-23-16)12-4-2-5-13(18)8-12/h2,4-5,8,21H,3,6-7,9-11H2,1H3,(H,19,22). The number of benzene rings is 1. The number of aliphatic hydroxyl groups is 1. The van der Waals surface area contributed by atoms with E-state index in [1.54, 1.807) is 19.1 Å². The first-order valence-electron chi connectivity index (χ1n) is 7.87. The third-order valence-electron chi connectivity index (χ3n) is 4.87. The molecule has 3 rings (SSSR count). The summed E-state index contributed by atoms with van der Waals surface area (Å²) in [5, 5.41) is 16.3. The number of hydrogen-bond donors (Lipinski definition) is 2. The van der Waals surface area contributed by atoms with E-state index in [4.69, 9.17) is 4.84 Å². The first-order chi connectivity index (χ1) is 11.0. The highest BCUT2D eigenvalue weighted by Gasteiger charge is 2.44. The fourth-order valence-electron chi connectivity index (χ4n) is 3.01. The van der Waals surface area contributed by atoms with Crippen molar-refractivity contribution in [3.63, 3.8) is 0 Å². The van der Waals surface area contributed by atoms with Crippen LogP contribution in [0.4, 0.5) is 4.39 Å². The van der Waals surface area contributed by atoms with Crippen LogP contribution in [0.1, 0.15) is 38.2 Å². The van der Waals surface area contributed by atoms with Crippen molar-refractivity contribution < 1.29 is 19.1 Å². The molecule has 1 aliphatic carbocycles. The zero-order chi connectivity index (χ0) is 16.5. The molecule has 1 amide bonds. The van der Waals surface area contributed by atoms with E-state index in [1.807, 2.05) is 0 Å². The van der Waals surface area contributed by atoms with Crippen molar-refractivity contribution in [3.05, 3.63) is 35.6 Å². The summed E-state index contributed by atoms with van der Waals surface area (Å²) >= 11 is 0. The van der Waals surface area contributed by atoms with Gasteiger partial charge in [0.1, 0.15) is 5.82 Å². The zero-order valence-corrected chi connectivity index (χ0v) is 13.1. The largest absolute Gasteiger partial charge is 0.396 e. The van der Waals surface area contributed by atoms with Crippen LogP contribution < -0.4 is 5.32 Å². The Morgan fingerprint density at radius 1 is 1.48 bits per heavy atom. The van der Waals surface area contributed by atoms with Gasteiger partial charge in [0, 0.05) is 23.9 Å². The molecule has 1 heterocycles. The molecular formula is C17H21FN2O3. The predicted octanol–water partition coefficient (Wildman–Crippen LogP) is 1.99. The Kier molecular flexibility index (Phi) is 4.10. The van der Waals surface area contributed by atoms with E-state index in [1.165, 1.54) is 12.1 Å². The summed E-state index contributed by atoms with van der Waals surface area (Å²) < 4.78 is 13.3. The monoisotopic (exact) mass is 320 g/mol. The SMILES string of the molecule is CC1(C(=O)NCC2(CO)CCC2)CC(c2cccc(F)c2)=NO1. The summed E-state index contributed by atoms with van der Waals surface area (Å²) in [4.78, 5) is 17.8. The molecule has 0 aromatic heterocycles. The molecule has 6 heteroatoms. The van der Waals surface area contributed by atoms with Crippen LogP contribution in [0, 0.1) is 11.2 Å². The van der Waals surface area contributed by atoms with Crippen LogP contribution in [0.25, 0.3) is 0 Å². The lowest BCUT2D eigenvalue weighted by Gasteiger charge is -2.40. The minimum Gasteiger partial charge on any atom is -0.396 e. The summed E-state index contributed by atoms with van der Waals surface area (Å²) in [5.41, 5.74) is -0.103. The minimum absolute atomic E-state index is 0.0793. The molecule has 23 heavy (non-hydrogen) atoms. The molecule has 2 N–H and O–H groups in total. The van der Waals surface area contributed by atoms with E-state index in [0.29, 0.717) is 17.8 Å². The number of hydrogen-bond acceptors (Lipinski definition) is 4. The van der Waals surface area contributed by atoms with Gasteiger partial charge in [0.05, 0.1) is 12.3 Å². The van der Waals surface area contributed by atoms with E-state index >= 15 is 0 Å². The molecule has 0 bridgehead atoms. The smallest absolute Gasteiger partial charge is 0.267 e. The van der Waals surface area contributed by atoms with E-state index < -0.39 is 5.60 Å². The third-order valence-corrected chi connectivity index (χ3v) is 4.87. The van der Waals surface area contributed by atoms with Crippen molar-refractivity contribution >= 4 is 11.6 Å². The molecule has 124 valence electrons. The van der Waals surface area contributed by atoms with Crippen LogP contribution in [0.3, 0.4) is 0 Å². The van der Waals surface area contributed by atoms with Crippen molar-refractivity contribution in [3.8, 4) is 0 Å². The van der Waals surface area contributed by atoms with Gasteiger partial charge in [-0.15, -0.1) is 0 Å². The lowest BCUT2D eigenvalue weighted by Crippen LogP contribution is -2.51. The number of oxime groups is 1. The van der Waals surface area contributed by atoms with Gasteiger partial charge in [0.2, 0.25) is 5.60 Å². The summed E-state index contributed by atoms with van der Waals surface area (Å²) in [6.07, 6.45) is 3.21. The lowest BCUT2D eigenvalue weighted by atomic mass is 9.69.